The summed E-state index contributed by atoms with van der Waals surface area (Å²) in [6, 6.07) is 14.5. The van der Waals surface area contributed by atoms with Crippen LogP contribution in [-0.4, -0.2) is 72.4 Å². The van der Waals surface area contributed by atoms with Gasteiger partial charge in [-0.25, -0.2) is 9.78 Å². The van der Waals surface area contributed by atoms with Crippen molar-refractivity contribution >= 4 is 28.7 Å². The number of rotatable bonds is 12. The second kappa shape index (κ2) is 14.0. The summed E-state index contributed by atoms with van der Waals surface area (Å²) < 4.78 is 13.1. The minimum absolute atomic E-state index is 0.00172. The molecule has 2 heterocycles. The molecule has 0 spiro atoms. The Morgan fingerprint density at radius 1 is 1.18 bits per heavy atom. The first kappa shape index (κ1) is 28.4. The number of hydrogen-bond acceptors (Lipinski definition) is 6. The number of amides is 3. The molecule has 0 radical (unpaired) electrons. The molecule has 3 amide bonds. The van der Waals surface area contributed by atoms with Gasteiger partial charge in [-0.15, -0.1) is 0 Å². The van der Waals surface area contributed by atoms with E-state index in [1.54, 1.807) is 19.2 Å². The van der Waals surface area contributed by atoms with Crippen LogP contribution >= 0.6 is 0 Å². The molecule has 39 heavy (non-hydrogen) atoms. The molecule has 10 nitrogen and oxygen atoms in total. The number of urea groups is 1. The van der Waals surface area contributed by atoms with Gasteiger partial charge in [0, 0.05) is 58.3 Å². The molecule has 210 valence electrons. The molecule has 1 aliphatic rings. The molecule has 1 aliphatic heterocycles. The Morgan fingerprint density at radius 2 is 1.97 bits per heavy atom. The first-order chi connectivity index (χ1) is 19.0. The Balaban J connectivity index is 1.32. The molecule has 1 saturated heterocycles. The lowest BCUT2D eigenvalue weighted by atomic mass is 9.96. The summed E-state index contributed by atoms with van der Waals surface area (Å²) in [6.07, 6.45) is 2.94. The fourth-order valence-electron chi connectivity index (χ4n) is 5.09. The Hall–Kier alpha value is -3.63. The number of likely N-dealkylation sites (tertiary alicyclic amines) is 1. The smallest absolute Gasteiger partial charge is 0.319 e. The molecule has 10 heteroatoms. The van der Waals surface area contributed by atoms with Gasteiger partial charge in [-0.2, -0.15) is 0 Å². The Morgan fingerprint density at radius 3 is 2.79 bits per heavy atom. The lowest BCUT2D eigenvalue weighted by molar-refractivity contribution is -0.132. The number of methoxy groups -OCH3 is 1. The summed E-state index contributed by atoms with van der Waals surface area (Å²) in [4.78, 5) is 32.4. The first-order valence-electron chi connectivity index (χ1n) is 13.7. The van der Waals surface area contributed by atoms with Crippen molar-refractivity contribution in [2.24, 2.45) is 5.73 Å². The number of anilines is 1. The Labute approximate surface area is 229 Å². The zero-order valence-electron chi connectivity index (χ0n) is 22.9. The average molecular weight is 537 g/mol. The van der Waals surface area contributed by atoms with Gasteiger partial charge in [-0.05, 0) is 50.5 Å². The zero-order valence-corrected chi connectivity index (χ0v) is 22.9. The third-order valence-corrected chi connectivity index (χ3v) is 6.95. The number of aromatic nitrogens is 2. The van der Waals surface area contributed by atoms with E-state index < -0.39 is 12.1 Å². The first-order valence-corrected chi connectivity index (χ1v) is 13.7. The number of nitrogens with zero attached hydrogens (tertiary/aromatic N) is 3. The maximum atomic E-state index is 13.2. The highest BCUT2D eigenvalue weighted by Gasteiger charge is 2.29. The predicted molar refractivity (Wildman–Crippen MR) is 152 cm³/mol. The second-order valence-corrected chi connectivity index (χ2v) is 9.86. The lowest BCUT2D eigenvalue weighted by Crippen LogP contribution is -2.45. The molecular weight excluding hydrogens is 496 g/mol. The molecule has 0 aliphatic carbocycles. The highest BCUT2D eigenvalue weighted by atomic mass is 16.5. The number of imidazole rings is 1. The van der Waals surface area contributed by atoms with Crippen LogP contribution < -0.4 is 21.1 Å². The van der Waals surface area contributed by atoms with Crippen molar-refractivity contribution in [3.63, 3.8) is 0 Å². The van der Waals surface area contributed by atoms with E-state index in [4.69, 9.17) is 20.2 Å². The van der Waals surface area contributed by atoms with Gasteiger partial charge < -0.3 is 35.3 Å². The normalized spacial score (nSPS) is 16.2. The molecule has 0 saturated carbocycles. The van der Waals surface area contributed by atoms with Gasteiger partial charge >= 0.3 is 6.03 Å². The van der Waals surface area contributed by atoms with E-state index in [2.05, 4.69) is 21.3 Å². The third-order valence-electron chi connectivity index (χ3n) is 6.95. The molecule has 2 atom stereocenters. The van der Waals surface area contributed by atoms with E-state index >= 15 is 0 Å². The minimum atomic E-state index is -0.496. The van der Waals surface area contributed by atoms with Crippen LogP contribution in [0.15, 0.2) is 48.5 Å². The van der Waals surface area contributed by atoms with Crippen molar-refractivity contribution < 1.29 is 19.1 Å². The van der Waals surface area contributed by atoms with Crippen LogP contribution in [0.1, 0.15) is 44.3 Å². The molecule has 4 N–H and O–H groups in total. The SMILES string of the molecule is CCOc1ccccc1NC(=O)NCC(N)CC(=O)N1CCCC(c2nc3ccccc3n2CCCOC)C1. The van der Waals surface area contributed by atoms with E-state index in [-0.39, 0.29) is 24.8 Å². The van der Waals surface area contributed by atoms with Crippen LogP contribution in [0, 0.1) is 0 Å². The molecular formula is C29H40N6O4. The van der Waals surface area contributed by atoms with Gasteiger partial charge in [0.25, 0.3) is 0 Å². The summed E-state index contributed by atoms with van der Waals surface area (Å²) in [5.74, 6) is 1.78. The number of carbonyl (C=O) groups is 2. The summed E-state index contributed by atoms with van der Waals surface area (Å²) in [7, 11) is 1.71. The number of hydrogen-bond donors (Lipinski definition) is 3. The maximum absolute atomic E-state index is 13.2. The number of carbonyl (C=O) groups excluding carboxylic acids is 2. The van der Waals surface area contributed by atoms with Crippen LogP contribution in [0.3, 0.4) is 0 Å². The van der Waals surface area contributed by atoms with Gasteiger partial charge in [0.1, 0.15) is 11.6 Å². The summed E-state index contributed by atoms with van der Waals surface area (Å²) in [5, 5.41) is 5.55. The number of ether oxygens (including phenoxy) is 2. The van der Waals surface area contributed by atoms with Crippen molar-refractivity contribution in [2.45, 2.75) is 51.1 Å². The number of aryl methyl sites for hydroxylation is 1. The quantitative estimate of drug-likeness (QED) is 0.303. The van der Waals surface area contributed by atoms with Gasteiger partial charge in [0.2, 0.25) is 5.91 Å². The second-order valence-electron chi connectivity index (χ2n) is 9.86. The fourth-order valence-corrected chi connectivity index (χ4v) is 5.09. The van der Waals surface area contributed by atoms with Crippen LogP contribution in [0.25, 0.3) is 11.0 Å². The molecule has 0 bridgehead atoms. The standard InChI is InChI=1S/C29H40N6O4/c1-3-39-26-14-7-5-12-24(26)33-29(37)31-19-22(30)18-27(36)34-15-8-10-21(20-34)28-32-23-11-4-6-13-25(23)35(28)16-9-17-38-2/h4-7,11-14,21-22H,3,8-10,15-20,30H2,1-2H3,(H2,31,33,37). The largest absolute Gasteiger partial charge is 0.492 e. The number of nitrogens with one attached hydrogen (secondary N) is 2. The van der Waals surface area contributed by atoms with Crippen molar-refractivity contribution in [3.05, 3.63) is 54.4 Å². The number of para-hydroxylation sites is 4. The van der Waals surface area contributed by atoms with Crippen LogP contribution in [0.5, 0.6) is 5.75 Å². The van der Waals surface area contributed by atoms with Crippen molar-refractivity contribution in [1.82, 2.24) is 19.8 Å². The Bertz CT molecular complexity index is 1250. The maximum Gasteiger partial charge on any atom is 0.319 e. The zero-order chi connectivity index (χ0) is 27.6. The van der Waals surface area contributed by atoms with Gasteiger partial charge in [-0.1, -0.05) is 24.3 Å². The van der Waals surface area contributed by atoms with E-state index in [1.165, 1.54) is 0 Å². The van der Waals surface area contributed by atoms with E-state index in [9.17, 15) is 9.59 Å². The highest BCUT2D eigenvalue weighted by Crippen LogP contribution is 2.30. The summed E-state index contributed by atoms with van der Waals surface area (Å²) in [6.45, 7) is 5.38. The minimum Gasteiger partial charge on any atom is -0.492 e. The van der Waals surface area contributed by atoms with Crippen LogP contribution in [-0.2, 0) is 16.1 Å². The van der Waals surface area contributed by atoms with Gasteiger partial charge in [-0.3, -0.25) is 4.79 Å². The predicted octanol–water partition coefficient (Wildman–Crippen LogP) is 3.72. The number of piperidine rings is 1. The molecule has 3 aromatic rings. The van der Waals surface area contributed by atoms with E-state index in [0.717, 1.165) is 42.7 Å². The molecule has 4 rings (SSSR count). The average Bonchev–Trinajstić information content (AvgIpc) is 3.32. The third kappa shape index (κ3) is 7.48. The number of nitrogens with two attached hydrogens (primary N) is 1. The number of benzene rings is 2. The summed E-state index contributed by atoms with van der Waals surface area (Å²) in [5.41, 5.74) is 8.91. The lowest BCUT2D eigenvalue weighted by Gasteiger charge is -2.33. The van der Waals surface area contributed by atoms with Crippen molar-refractivity contribution in [2.75, 3.05) is 45.3 Å². The van der Waals surface area contributed by atoms with Gasteiger partial charge in [0.15, 0.2) is 0 Å². The van der Waals surface area contributed by atoms with E-state index in [0.29, 0.717) is 37.7 Å². The molecule has 2 aromatic carbocycles. The van der Waals surface area contributed by atoms with Crippen molar-refractivity contribution in [1.29, 1.82) is 0 Å². The van der Waals surface area contributed by atoms with E-state index in [1.807, 2.05) is 42.2 Å². The fraction of sp³-hybridized carbons (Fsp3) is 0.483. The molecule has 2 unspecified atom stereocenters. The topological polar surface area (TPSA) is 124 Å². The monoisotopic (exact) mass is 536 g/mol. The van der Waals surface area contributed by atoms with Crippen LogP contribution in [0.2, 0.25) is 0 Å². The Kier molecular flexibility index (Phi) is 10.2. The van der Waals surface area contributed by atoms with Gasteiger partial charge in [0.05, 0.1) is 23.3 Å². The molecule has 1 fully saturated rings. The highest BCUT2D eigenvalue weighted by molar-refractivity contribution is 5.91. The van der Waals surface area contributed by atoms with Crippen LogP contribution in [0.4, 0.5) is 10.5 Å². The number of fused-ring (bicyclic) bond motifs is 1. The molecule has 1 aromatic heterocycles. The van der Waals surface area contributed by atoms with Crippen molar-refractivity contribution in [3.8, 4) is 5.75 Å². The summed E-state index contributed by atoms with van der Waals surface area (Å²) >= 11 is 0.